The summed E-state index contributed by atoms with van der Waals surface area (Å²) in [5.41, 5.74) is 7.73. The molecule has 0 unspecified atom stereocenters. The standard InChI is InChI=1S/C15H20N2O2S2/c1-11-9-13(16)10-12(2)15(11)21(18,19)17(3)7-6-14-5-4-8-20-14/h4-5,8-10H,6-7,16H2,1-3H3. The topological polar surface area (TPSA) is 63.4 Å². The summed E-state index contributed by atoms with van der Waals surface area (Å²) >= 11 is 1.64. The van der Waals surface area contributed by atoms with E-state index in [2.05, 4.69) is 0 Å². The van der Waals surface area contributed by atoms with Crippen molar-refractivity contribution in [2.45, 2.75) is 25.2 Å². The van der Waals surface area contributed by atoms with E-state index >= 15 is 0 Å². The fraction of sp³-hybridized carbons (Fsp3) is 0.333. The molecule has 1 heterocycles. The van der Waals surface area contributed by atoms with Crippen molar-refractivity contribution < 1.29 is 8.42 Å². The van der Waals surface area contributed by atoms with E-state index < -0.39 is 10.0 Å². The first-order valence-electron chi connectivity index (χ1n) is 6.68. The fourth-order valence-electron chi connectivity index (χ4n) is 2.39. The molecule has 0 spiro atoms. The maximum atomic E-state index is 12.7. The van der Waals surface area contributed by atoms with E-state index in [9.17, 15) is 8.42 Å². The zero-order chi connectivity index (χ0) is 15.6. The van der Waals surface area contributed by atoms with E-state index in [1.54, 1.807) is 44.4 Å². The van der Waals surface area contributed by atoms with Crippen LogP contribution in [0.1, 0.15) is 16.0 Å². The third-order valence-electron chi connectivity index (χ3n) is 3.40. The summed E-state index contributed by atoms with van der Waals surface area (Å²) in [7, 11) is -1.86. The van der Waals surface area contributed by atoms with Crippen molar-refractivity contribution in [3.05, 3.63) is 45.6 Å². The highest BCUT2D eigenvalue weighted by Gasteiger charge is 2.24. The second kappa shape index (κ2) is 6.17. The van der Waals surface area contributed by atoms with Gasteiger partial charge in [-0.25, -0.2) is 12.7 Å². The first-order valence-corrected chi connectivity index (χ1v) is 9.00. The first kappa shape index (κ1) is 16.0. The Labute approximate surface area is 130 Å². The maximum Gasteiger partial charge on any atom is 0.243 e. The molecule has 4 nitrogen and oxygen atoms in total. The van der Waals surface area contributed by atoms with Crippen LogP contribution in [0, 0.1) is 13.8 Å². The zero-order valence-corrected chi connectivity index (χ0v) is 14.1. The molecule has 0 amide bonds. The average molecular weight is 324 g/mol. The number of benzene rings is 1. The SMILES string of the molecule is Cc1cc(N)cc(C)c1S(=O)(=O)N(C)CCc1cccs1. The number of thiophene rings is 1. The monoisotopic (exact) mass is 324 g/mol. The highest BCUT2D eigenvalue weighted by molar-refractivity contribution is 7.89. The molecule has 1 aromatic heterocycles. The summed E-state index contributed by atoms with van der Waals surface area (Å²) in [6.45, 7) is 4.03. The van der Waals surface area contributed by atoms with Crippen LogP contribution in [0.4, 0.5) is 5.69 Å². The molecule has 2 aromatic rings. The minimum atomic E-state index is -3.49. The Morgan fingerprint density at radius 2 is 1.86 bits per heavy atom. The lowest BCUT2D eigenvalue weighted by Gasteiger charge is -2.20. The van der Waals surface area contributed by atoms with Gasteiger partial charge in [0.05, 0.1) is 4.90 Å². The summed E-state index contributed by atoms with van der Waals surface area (Å²) in [5, 5.41) is 2.00. The molecule has 0 radical (unpaired) electrons. The molecule has 0 atom stereocenters. The third-order valence-corrected chi connectivity index (χ3v) is 6.50. The Kier molecular flexibility index (Phi) is 4.70. The van der Waals surface area contributed by atoms with E-state index in [0.717, 1.165) is 6.42 Å². The normalized spacial score (nSPS) is 12.0. The number of hydrogen-bond acceptors (Lipinski definition) is 4. The van der Waals surface area contributed by atoms with Crippen LogP contribution in [-0.2, 0) is 16.4 Å². The predicted octanol–water partition coefficient (Wildman–Crippen LogP) is 2.81. The minimum Gasteiger partial charge on any atom is -0.399 e. The summed E-state index contributed by atoms with van der Waals surface area (Å²) in [5.74, 6) is 0. The van der Waals surface area contributed by atoms with Gasteiger partial charge in [0.25, 0.3) is 0 Å². The van der Waals surface area contributed by atoms with Gasteiger partial charge in [0.2, 0.25) is 10.0 Å². The van der Waals surface area contributed by atoms with Crippen molar-refractivity contribution >= 4 is 27.0 Å². The van der Waals surface area contributed by atoms with E-state index in [-0.39, 0.29) is 0 Å². The number of sulfonamides is 1. The van der Waals surface area contributed by atoms with Crippen LogP contribution in [0.15, 0.2) is 34.5 Å². The van der Waals surface area contributed by atoms with Gasteiger partial charge < -0.3 is 5.73 Å². The smallest absolute Gasteiger partial charge is 0.243 e. The number of anilines is 1. The van der Waals surface area contributed by atoms with Crippen LogP contribution in [0.5, 0.6) is 0 Å². The quantitative estimate of drug-likeness (QED) is 0.860. The second-order valence-corrected chi connectivity index (χ2v) is 8.15. The number of rotatable bonds is 5. The summed E-state index contributed by atoms with van der Waals surface area (Å²) in [6, 6.07) is 7.40. The molecular formula is C15H20N2O2S2. The average Bonchev–Trinajstić information content (AvgIpc) is 2.87. The molecule has 0 saturated carbocycles. The Morgan fingerprint density at radius 3 is 2.38 bits per heavy atom. The lowest BCUT2D eigenvalue weighted by atomic mass is 10.1. The molecule has 21 heavy (non-hydrogen) atoms. The highest BCUT2D eigenvalue weighted by atomic mass is 32.2. The van der Waals surface area contributed by atoms with Crippen LogP contribution in [0.25, 0.3) is 0 Å². The lowest BCUT2D eigenvalue weighted by Crippen LogP contribution is -2.30. The van der Waals surface area contributed by atoms with Gasteiger partial charge in [0.1, 0.15) is 0 Å². The highest BCUT2D eigenvalue weighted by Crippen LogP contribution is 2.25. The van der Waals surface area contributed by atoms with Gasteiger partial charge in [-0.2, -0.15) is 0 Å². The van der Waals surface area contributed by atoms with Crippen molar-refractivity contribution in [2.24, 2.45) is 0 Å². The van der Waals surface area contributed by atoms with Gasteiger partial charge >= 0.3 is 0 Å². The van der Waals surface area contributed by atoms with Crippen LogP contribution < -0.4 is 5.73 Å². The Balaban J connectivity index is 2.25. The summed E-state index contributed by atoms with van der Waals surface area (Å²) in [6.07, 6.45) is 0.723. The first-order chi connectivity index (χ1) is 9.82. The van der Waals surface area contributed by atoms with Crippen molar-refractivity contribution in [2.75, 3.05) is 19.3 Å². The molecule has 0 aliphatic rings. The van der Waals surface area contributed by atoms with Crippen molar-refractivity contribution in [3.63, 3.8) is 0 Å². The van der Waals surface area contributed by atoms with E-state index in [1.807, 2.05) is 17.5 Å². The van der Waals surface area contributed by atoms with E-state index in [1.165, 1.54) is 9.18 Å². The van der Waals surface area contributed by atoms with Gasteiger partial charge in [-0.3, -0.25) is 0 Å². The third kappa shape index (κ3) is 3.45. The number of likely N-dealkylation sites (N-methyl/N-ethyl adjacent to an activating group) is 1. The van der Waals surface area contributed by atoms with Crippen LogP contribution >= 0.6 is 11.3 Å². The van der Waals surface area contributed by atoms with Crippen LogP contribution in [0.3, 0.4) is 0 Å². The Bertz CT molecular complexity index is 699. The number of aryl methyl sites for hydroxylation is 2. The van der Waals surface area contributed by atoms with Crippen LogP contribution in [-0.4, -0.2) is 26.3 Å². The Morgan fingerprint density at radius 1 is 1.24 bits per heavy atom. The zero-order valence-electron chi connectivity index (χ0n) is 12.5. The Hall–Kier alpha value is -1.37. The molecule has 0 saturated heterocycles. The van der Waals surface area contributed by atoms with Gasteiger partial charge in [-0.1, -0.05) is 6.07 Å². The lowest BCUT2D eigenvalue weighted by molar-refractivity contribution is 0.472. The van der Waals surface area contributed by atoms with Gasteiger partial charge in [-0.15, -0.1) is 11.3 Å². The minimum absolute atomic E-state index is 0.366. The second-order valence-electron chi connectivity index (χ2n) is 5.14. The van der Waals surface area contributed by atoms with Gasteiger partial charge in [-0.05, 0) is 55.0 Å². The number of nitrogen functional groups attached to an aromatic ring is 1. The summed E-state index contributed by atoms with van der Waals surface area (Å²) in [4.78, 5) is 1.55. The molecule has 114 valence electrons. The number of nitrogens with zero attached hydrogens (tertiary/aromatic N) is 1. The summed E-state index contributed by atoms with van der Waals surface area (Å²) < 4.78 is 26.9. The molecule has 2 N–H and O–H groups in total. The van der Waals surface area contributed by atoms with Crippen molar-refractivity contribution in [3.8, 4) is 0 Å². The number of nitrogens with two attached hydrogens (primary N) is 1. The molecular weight excluding hydrogens is 304 g/mol. The number of hydrogen-bond donors (Lipinski definition) is 1. The maximum absolute atomic E-state index is 12.7. The van der Waals surface area contributed by atoms with Gasteiger partial charge in [0, 0.05) is 24.2 Å². The largest absolute Gasteiger partial charge is 0.399 e. The van der Waals surface area contributed by atoms with Crippen molar-refractivity contribution in [1.29, 1.82) is 0 Å². The molecule has 0 aliphatic heterocycles. The molecule has 0 aliphatic carbocycles. The molecule has 2 rings (SSSR count). The van der Waals surface area contributed by atoms with Crippen LogP contribution in [0.2, 0.25) is 0 Å². The molecule has 6 heteroatoms. The van der Waals surface area contributed by atoms with Gasteiger partial charge in [0.15, 0.2) is 0 Å². The fourth-order valence-corrected chi connectivity index (χ4v) is 4.66. The molecule has 0 bridgehead atoms. The van der Waals surface area contributed by atoms with E-state index in [4.69, 9.17) is 5.73 Å². The molecule has 1 aromatic carbocycles. The predicted molar refractivity (Wildman–Crippen MR) is 88.2 cm³/mol. The van der Waals surface area contributed by atoms with E-state index in [0.29, 0.717) is 28.3 Å². The molecule has 0 fully saturated rings. The van der Waals surface area contributed by atoms with Crippen molar-refractivity contribution in [1.82, 2.24) is 4.31 Å².